The second kappa shape index (κ2) is 3.27. The minimum absolute atomic E-state index is 0.719. The van der Waals surface area contributed by atoms with Gasteiger partial charge in [0.05, 0.1) is 12.6 Å². The molecule has 2 aromatic rings. The Labute approximate surface area is 96.8 Å². The molecule has 1 aromatic heterocycles. The second-order valence-corrected chi connectivity index (χ2v) is 4.80. The highest BCUT2D eigenvalue weighted by atomic mass is 79.9. The van der Waals surface area contributed by atoms with Crippen LogP contribution in [0, 0.1) is 0 Å². The molecule has 1 aliphatic rings. The van der Waals surface area contributed by atoms with Crippen molar-refractivity contribution in [3.63, 3.8) is 0 Å². The van der Waals surface area contributed by atoms with Crippen molar-refractivity contribution in [1.82, 2.24) is 4.98 Å². The van der Waals surface area contributed by atoms with E-state index in [2.05, 4.69) is 27.0 Å². The number of benzene rings is 1. The monoisotopic (exact) mass is 265 g/mol. The van der Waals surface area contributed by atoms with Crippen LogP contribution in [0.1, 0.15) is 24.5 Å². The summed E-state index contributed by atoms with van der Waals surface area (Å²) in [5.74, 6) is 1.64. The summed E-state index contributed by atoms with van der Waals surface area (Å²) in [5.41, 5.74) is 2.43. The van der Waals surface area contributed by atoms with E-state index in [1.54, 1.807) is 7.11 Å². The fourth-order valence-corrected chi connectivity index (χ4v) is 2.75. The number of nitrogens with one attached hydrogen (secondary N) is 1. The second-order valence-electron chi connectivity index (χ2n) is 4.01. The summed E-state index contributed by atoms with van der Waals surface area (Å²) < 4.78 is 6.55. The van der Waals surface area contributed by atoms with Crippen LogP contribution in [0.2, 0.25) is 0 Å². The number of hydrogen-bond acceptors (Lipinski definition) is 1. The van der Waals surface area contributed by atoms with Crippen molar-refractivity contribution in [2.45, 2.75) is 18.8 Å². The average molecular weight is 266 g/mol. The van der Waals surface area contributed by atoms with Crippen molar-refractivity contribution in [1.29, 1.82) is 0 Å². The SMILES string of the molecule is COc1cccc2c(Br)c(C3CC3)[nH]c12. The third kappa shape index (κ3) is 1.37. The highest BCUT2D eigenvalue weighted by Crippen LogP contribution is 2.46. The van der Waals surface area contributed by atoms with Crippen LogP contribution >= 0.6 is 15.9 Å². The number of methoxy groups -OCH3 is 1. The molecule has 0 amide bonds. The quantitative estimate of drug-likeness (QED) is 0.878. The van der Waals surface area contributed by atoms with Gasteiger partial charge in [-0.2, -0.15) is 0 Å². The summed E-state index contributed by atoms with van der Waals surface area (Å²) in [6.07, 6.45) is 2.60. The first-order chi connectivity index (χ1) is 7.31. The van der Waals surface area contributed by atoms with Crippen LogP contribution in [0.25, 0.3) is 10.9 Å². The molecule has 78 valence electrons. The van der Waals surface area contributed by atoms with Gasteiger partial charge in [0.15, 0.2) is 0 Å². The molecule has 0 atom stereocenters. The number of halogens is 1. The Kier molecular flexibility index (Phi) is 2.02. The van der Waals surface area contributed by atoms with E-state index in [1.165, 1.54) is 28.4 Å². The molecule has 3 heteroatoms. The van der Waals surface area contributed by atoms with E-state index in [0.717, 1.165) is 17.2 Å². The Morgan fingerprint density at radius 2 is 2.20 bits per heavy atom. The Morgan fingerprint density at radius 3 is 2.87 bits per heavy atom. The lowest BCUT2D eigenvalue weighted by Gasteiger charge is -1.99. The first-order valence-corrected chi connectivity index (χ1v) is 5.94. The van der Waals surface area contributed by atoms with Crippen molar-refractivity contribution < 1.29 is 4.74 Å². The van der Waals surface area contributed by atoms with E-state index < -0.39 is 0 Å². The van der Waals surface area contributed by atoms with E-state index in [0.29, 0.717) is 0 Å². The zero-order valence-corrected chi connectivity index (χ0v) is 10.1. The van der Waals surface area contributed by atoms with Crippen LogP contribution in [0.4, 0.5) is 0 Å². The van der Waals surface area contributed by atoms with Gasteiger partial charge < -0.3 is 9.72 Å². The molecule has 0 radical (unpaired) electrons. The first-order valence-electron chi connectivity index (χ1n) is 5.15. The predicted octanol–water partition coefficient (Wildman–Crippen LogP) is 3.82. The number of ether oxygens (including phenoxy) is 1. The number of rotatable bonds is 2. The maximum Gasteiger partial charge on any atom is 0.142 e. The van der Waals surface area contributed by atoms with Crippen LogP contribution in [0.15, 0.2) is 22.7 Å². The maximum absolute atomic E-state index is 5.34. The summed E-state index contributed by atoms with van der Waals surface area (Å²) in [6.45, 7) is 0. The average Bonchev–Trinajstić information content (AvgIpc) is 3.04. The van der Waals surface area contributed by atoms with E-state index in [1.807, 2.05) is 12.1 Å². The minimum Gasteiger partial charge on any atom is -0.495 e. The summed E-state index contributed by atoms with van der Waals surface area (Å²) in [7, 11) is 1.71. The van der Waals surface area contributed by atoms with Crippen LogP contribution < -0.4 is 4.74 Å². The highest BCUT2D eigenvalue weighted by Gasteiger charge is 2.28. The van der Waals surface area contributed by atoms with Crippen molar-refractivity contribution in [2.75, 3.05) is 7.11 Å². The lowest BCUT2D eigenvalue weighted by Crippen LogP contribution is -1.83. The van der Waals surface area contributed by atoms with Crippen molar-refractivity contribution >= 4 is 26.8 Å². The van der Waals surface area contributed by atoms with Gasteiger partial charge in [-0.25, -0.2) is 0 Å². The zero-order chi connectivity index (χ0) is 10.4. The first kappa shape index (κ1) is 9.28. The molecule has 0 saturated heterocycles. The lowest BCUT2D eigenvalue weighted by molar-refractivity contribution is 0.419. The number of hydrogen-bond donors (Lipinski definition) is 1. The Balaban J connectivity index is 2.28. The van der Waals surface area contributed by atoms with E-state index in [4.69, 9.17) is 4.74 Å². The lowest BCUT2D eigenvalue weighted by atomic mass is 10.2. The van der Waals surface area contributed by atoms with Gasteiger partial charge in [-0.1, -0.05) is 12.1 Å². The molecule has 1 aromatic carbocycles. The molecule has 1 fully saturated rings. The topological polar surface area (TPSA) is 25.0 Å². The third-order valence-electron chi connectivity index (χ3n) is 2.96. The molecule has 2 nitrogen and oxygen atoms in total. The van der Waals surface area contributed by atoms with E-state index in [-0.39, 0.29) is 0 Å². The van der Waals surface area contributed by atoms with Crippen LogP contribution in [-0.2, 0) is 0 Å². The van der Waals surface area contributed by atoms with Crippen molar-refractivity contribution in [3.8, 4) is 5.75 Å². The molecule has 1 aliphatic carbocycles. The molecule has 0 bridgehead atoms. The van der Waals surface area contributed by atoms with Gasteiger partial charge in [0.25, 0.3) is 0 Å². The summed E-state index contributed by atoms with van der Waals surface area (Å²) >= 11 is 3.67. The summed E-state index contributed by atoms with van der Waals surface area (Å²) in [4.78, 5) is 3.47. The molecule has 1 heterocycles. The molecular weight excluding hydrogens is 254 g/mol. The van der Waals surface area contributed by atoms with Crippen molar-refractivity contribution in [3.05, 3.63) is 28.4 Å². The number of fused-ring (bicyclic) bond motifs is 1. The molecule has 0 spiro atoms. The van der Waals surface area contributed by atoms with Gasteiger partial charge in [0.1, 0.15) is 5.75 Å². The summed E-state index contributed by atoms with van der Waals surface area (Å²) in [5, 5.41) is 1.22. The number of H-pyrrole nitrogens is 1. The number of para-hydroxylation sites is 1. The molecular formula is C12H12BrNO. The standard InChI is InChI=1S/C12H12BrNO/c1-15-9-4-2-3-8-10(13)11(7-5-6-7)14-12(8)9/h2-4,7,14H,5-6H2,1H3. The summed E-state index contributed by atoms with van der Waals surface area (Å²) in [6, 6.07) is 6.13. The molecule has 0 unspecified atom stereocenters. The fraction of sp³-hybridized carbons (Fsp3) is 0.333. The van der Waals surface area contributed by atoms with E-state index in [9.17, 15) is 0 Å². The molecule has 15 heavy (non-hydrogen) atoms. The molecule has 3 rings (SSSR count). The van der Waals surface area contributed by atoms with Crippen molar-refractivity contribution in [2.24, 2.45) is 0 Å². The van der Waals surface area contributed by atoms with Crippen LogP contribution in [0.5, 0.6) is 5.75 Å². The largest absolute Gasteiger partial charge is 0.495 e. The minimum atomic E-state index is 0.719. The number of aromatic nitrogens is 1. The van der Waals surface area contributed by atoms with Gasteiger partial charge in [-0.3, -0.25) is 0 Å². The maximum atomic E-state index is 5.34. The Morgan fingerprint density at radius 1 is 1.40 bits per heavy atom. The fourth-order valence-electron chi connectivity index (χ4n) is 2.00. The molecule has 0 aliphatic heterocycles. The normalized spacial score (nSPS) is 15.9. The predicted molar refractivity (Wildman–Crippen MR) is 64.5 cm³/mol. The van der Waals surface area contributed by atoms with Crippen LogP contribution in [0.3, 0.4) is 0 Å². The smallest absolute Gasteiger partial charge is 0.142 e. The highest BCUT2D eigenvalue weighted by molar-refractivity contribution is 9.10. The van der Waals surface area contributed by atoms with Gasteiger partial charge in [-0.15, -0.1) is 0 Å². The van der Waals surface area contributed by atoms with Crippen LogP contribution in [-0.4, -0.2) is 12.1 Å². The molecule has 1 N–H and O–H groups in total. The zero-order valence-electron chi connectivity index (χ0n) is 8.51. The van der Waals surface area contributed by atoms with Gasteiger partial charge in [0.2, 0.25) is 0 Å². The Hall–Kier alpha value is -0.960. The van der Waals surface area contributed by atoms with Gasteiger partial charge in [-0.05, 0) is 34.8 Å². The number of aromatic amines is 1. The van der Waals surface area contributed by atoms with Gasteiger partial charge in [0, 0.05) is 21.5 Å². The third-order valence-corrected chi connectivity index (χ3v) is 3.82. The molecule has 1 saturated carbocycles. The Bertz CT molecular complexity index is 514. The van der Waals surface area contributed by atoms with Gasteiger partial charge >= 0.3 is 0 Å². The van der Waals surface area contributed by atoms with E-state index >= 15 is 0 Å².